The molecule has 0 spiro atoms. The fraction of sp³-hybridized carbons (Fsp3) is 0.727. The van der Waals surface area contributed by atoms with Crippen LogP contribution in [-0.2, 0) is 6.42 Å². The molecule has 2 rings (SSSR count). The summed E-state index contributed by atoms with van der Waals surface area (Å²) < 4.78 is 0. The quantitative estimate of drug-likeness (QED) is 0.394. The Labute approximate surface area is 151 Å². The van der Waals surface area contributed by atoms with Crippen LogP contribution in [0, 0.1) is 0 Å². The minimum Gasteiger partial charge on any atom is -0.303 e. The maximum atomic E-state index is 2.68. The highest BCUT2D eigenvalue weighted by molar-refractivity contribution is 6.89. The number of rotatable bonds is 10. The van der Waals surface area contributed by atoms with Crippen molar-refractivity contribution in [1.29, 1.82) is 0 Å². The molecule has 0 N–H and O–H groups in total. The van der Waals surface area contributed by atoms with E-state index in [1.807, 2.05) is 0 Å². The average molecular weight is 346 g/mol. The molecule has 0 radical (unpaired) electrons. The molecule has 0 bridgehead atoms. The molecule has 1 nitrogen and oxygen atoms in total. The Bertz CT molecular complexity index is 446. The summed E-state index contributed by atoms with van der Waals surface area (Å²) in [6.45, 7) is 11.4. The largest absolute Gasteiger partial charge is 0.303 e. The summed E-state index contributed by atoms with van der Waals surface area (Å²) in [6, 6.07) is 11.1. The first kappa shape index (κ1) is 19.7. The normalized spacial score (nSPS) is 16.5. The molecule has 1 saturated heterocycles. The SMILES string of the molecule is CCCCc1ccc([Si](C)(C)CCCCCN2CCCCC2)cc1. The third-order valence-corrected chi connectivity index (χ3v) is 9.28. The predicted molar refractivity (Wildman–Crippen MR) is 111 cm³/mol. The lowest BCUT2D eigenvalue weighted by Gasteiger charge is -2.27. The van der Waals surface area contributed by atoms with E-state index < -0.39 is 8.07 Å². The Morgan fingerprint density at radius 1 is 0.875 bits per heavy atom. The van der Waals surface area contributed by atoms with Gasteiger partial charge < -0.3 is 4.90 Å². The average Bonchev–Trinajstić information content (AvgIpc) is 2.61. The Morgan fingerprint density at radius 2 is 1.58 bits per heavy atom. The smallest absolute Gasteiger partial charge is 0.0806 e. The number of benzene rings is 1. The Morgan fingerprint density at radius 3 is 2.25 bits per heavy atom. The lowest BCUT2D eigenvalue weighted by Crippen LogP contribution is -2.41. The van der Waals surface area contributed by atoms with Crippen LogP contribution in [0.2, 0.25) is 19.1 Å². The highest BCUT2D eigenvalue weighted by Crippen LogP contribution is 2.17. The van der Waals surface area contributed by atoms with Crippen molar-refractivity contribution in [2.75, 3.05) is 19.6 Å². The van der Waals surface area contributed by atoms with E-state index in [9.17, 15) is 0 Å². The first-order chi connectivity index (χ1) is 11.6. The molecule has 1 heterocycles. The molecule has 1 fully saturated rings. The summed E-state index contributed by atoms with van der Waals surface area (Å²) >= 11 is 0. The van der Waals surface area contributed by atoms with Gasteiger partial charge in [0.1, 0.15) is 0 Å². The van der Waals surface area contributed by atoms with Gasteiger partial charge in [-0.2, -0.15) is 0 Å². The van der Waals surface area contributed by atoms with Crippen LogP contribution in [0.5, 0.6) is 0 Å². The predicted octanol–water partition coefficient (Wildman–Crippen LogP) is 5.60. The topological polar surface area (TPSA) is 3.24 Å². The first-order valence-corrected chi connectivity index (χ1v) is 13.6. The molecule has 0 aliphatic carbocycles. The number of hydrogen-bond acceptors (Lipinski definition) is 1. The van der Waals surface area contributed by atoms with Crippen LogP contribution in [0.1, 0.15) is 63.9 Å². The zero-order chi connectivity index (χ0) is 17.3. The van der Waals surface area contributed by atoms with Crippen molar-refractivity contribution in [2.24, 2.45) is 0 Å². The van der Waals surface area contributed by atoms with Crippen molar-refractivity contribution in [3.05, 3.63) is 29.8 Å². The number of piperidine rings is 1. The molecule has 2 heteroatoms. The number of unbranched alkanes of at least 4 members (excludes halogenated alkanes) is 3. The van der Waals surface area contributed by atoms with E-state index in [2.05, 4.69) is 49.2 Å². The van der Waals surface area contributed by atoms with Gasteiger partial charge in [0, 0.05) is 0 Å². The Balaban J connectivity index is 1.68. The second-order valence-electron chi connectivity index (χ2n) is 8.40. The first-order valence-electron chi connectivity index (χ1n) is 10.4. The second kappa shape index (κ2) is 10.4. The van der Waals surface area contributed by atoms with Gasteiger partial charge in [0.05, 0.1) is 8.07 Å². The molecule has 0 unspecified atom stereocenters. The van der Waals surface area contributed by atoms with Crippen LogP contribution in [-0.4, -0.2) is 32.6 Å². The fourth-order valence-electron chi connectivity index (χ4n) is 3.91. The van der Waals surface area contributed by atoms with Gasteiger partial charge in [-0.3, -0.25) is 0 Å². The van der Waals surface area contributed by atoms with Gasteiger partial charge >= 0.3 is 0 Å². The van der Waals surface area contributed by atoms with Crippen LogP contribution < -0.4 is 5.19 Å². The molecule has 1 aliphatic heterocycles. The maximum absolute atomic E-state index is 2.68. The Kier molecular flexibility index (Phi) is 8.55. The molecule has 0 saturated carbocycles. The summed E-state index contributed by atoms with van der Waals surface area (Å²) in [5, 5.41) is 1.65. The van der Waals surface area contributed by atoms with E-state index in [-0.39, 0.29) is 0 Å². The second-order valence-corrected chi connectivity index (χ2v) is 13.2. The highest BCUT2D eigenvalue weighted by atomic mass is 28.3. The van der Waals surface area contributed by atoms with E-state index in [4.69, 9.17) is 0 Å². The summed E-state index contributed by atoms with van der Waals surface area (Å²) in [6.07, 6.45) is 12.4. The van der Waals surface area contributed by atoms with Gasteiger partial charge in [-0.1, -0.05) is 81.2 Å². The van der Waals surface area contributed by atoms with Crippen molar-refractivity contribution >= 4 is 13.3 Å². The highest BCUT2D eigenvalue weighted by Gasteiger charge is 2.22. The maximum Gasteiger partial charge on any atom is 0.0806 e. The third-order valence-electron chi connectivity index (χ3n) is 5.78. The van der Waals surface area contributed by atoms with E-state index in [1.54, 1.807) is 5.19 Å². The molecule has 0 aromatic heterocycles. The molecular formula is C22H39NSi. The van der Waals surface area contributed by atoms with Gasteiger partial charge in [0.2, 0.25) is 0 Å². The molecule has 24 heavy (non-hydrogen) atoms. The summed E-state index contributed by atoms with van der Waals surface area (Å²) in [5.74, 6) is 0. The van der Waals surface area contributed by atoms with Crippen molar-refractivity contribution in [2.45, 2.75) is 83.8 Å². The van der Waals surface area contributed by atoms with Crippen LogP contribution in [0.15, 0.2) is 24.3 Å². The zero-order valence-electron chi connectivity index (χ0n) is 16.4. The van der Waals surface area contributed by atoms with Crippen molar-refractivity contribution in [1.82, 2.24) is 4.90 Å². The van der Waals surface area contributed by atoms with Crippen molar-refractivity contribution in [3.8, 4) is 0 Å². The molecule has 1 aromatic carbocycles. The Hall–Kier alpha value is -0.603. The minimum atomic E-state index is -1.24. The summed E-state index contributed by atoms with van der Waals surface area (Å²) in [5.41, 5.74) is 1.52. The van der Waals surface area contributed by atoms with E-state index in [1.165, 1.54) is 89.0 Å². The van der Waals surface area contributed by atoms with E-state index in [0.717, 1.165) is 0 Å². The standard InChI is InChI=1S/C22H39NSi/c1-4-5-12-21-13-15-22(16-14-21)24(2,3)20-11-7-10-19-23-17-8-6-9-18-23/h13-16H,4-12,17-20H2,1-3H3. The number of likely N-dealkylation sites (tertiary alicyclic amines) is 1. The van der Waals surface area contributed by atoms with Crippen LogP contribution in [0.4, 0.5) is 0 Å². The van der Waals surface area contributed by atoms with Gasteiger partial charge in [-0.15, -0.1) is 0 Å². The zero-order valence-corrected chi connectivity index (χ0v) is 17.4. The number of hydrogen-bond donors (Lipinski definition) is 0. The van der Waals surface area contributed by atoms with Gasteiger partial charge in [0.25, 0.3) is 0 Å². The monoisotopic (exact) mass is 345 g/mol. The number of aryl methyl sites for hydroxylation is 1. The molecule has 136 valence electrons. The van der Waals surface area contributed by atoms with Gasteiger partial charge in [-0.05, 0) is 57.3 Å². The van der Waals surface area contributed by atoms with Crippen molar-refractivity contribution < 1.29 is 0 Å². The molecular weight excluding hydrogens is 306 g/mol. The molecule has 1 aliphatic rings. The third kappa shape index (κ3) is 6.72. The van der Waals surface area contributed by atoms with Crippen LogP contribution >= 0.6 is 0 Å². The number of nitrogens with zero attached hydrogens (tertiary/aromatic N) is 1. The van der Waals surface area contributed by atoms with Gasteiger partial charge in [-0.25, -0.2) is 0 Å². The van der Waals surface area contributed by atoms with Crippen LogP contribution in [0.25, 0.3) is 0 Å². The van der Waals surface area contributed by atoms with E-state index >= 15 is 0 Å². The van der Waals surface area contributed by atoms with Crippen LogP contribution in [0.3, 0.4) is 0 Å². The minimum absolute atomic E-state index is 1.24. The lowest BCUT2D eigenvalue weighted by atomic mass is 10.1. The molecule has 1 aromatic rings. The molecule has 0 amide bonds. The summed E-state index contributed by atoms with van der Waals surface area (Å²) in [4.78, 5) is 2.68. The fourth-order valence-corrected chi connectivity index (χ4v) is 6.40. The van der Waals surface area contributed by atoms with Gasteiger partial charge in [0.15, 0.2) is 0 Å². The molecule has 0 atom stereocenters. The lowest BCUT2D eigenvalue weighted by molar-refractivity contribution is 0.224. The summed E-state index contributed by atoms with van der Waals surface area (Å²) in [7, 11) is -1.24. The van der Waals surface area contributed by atoms with Crippen molar-refractivity contribution in [3.63, 3.8) is 0 Å². The van der Waals surface area contributed by atoms with E-state index in [0.29, 0.717) is 0 Å².